The Balaban J connectivity index is 1.37. The van der Waals surface area contributed by atoms with Crippen LogP contribution in [-0.4, -0.2) is 56.2 Å². The molecule has 1 aliphatic heterocycles. The Morgan fingerprint density at radius 3 is 2.71 bits per heavy atom. The number of halogens is 1. The summed E-state index contributed by atoms with van der Waals surface area (Å²) in [4.78, 5) is 21.9. The molecule has 0 unspecified atom stereocenters. The first kappa shape index (κ1) is 21.4. The molecule has 10 heteroatoms. The number of urea groups is 1. The lowest BCUT2D eigenvalue weighted by molar-refractivity contribution is 0.184. The van der Waals surface area contributed by atoms with Crippen LogP contribution in [0.1, 0.15) is 6.92 Å². The molecule has 5 aromatic rings. The summed E-state index contributed by atoms with van der Waals surface area (Å²) < 4.78 is 7.55. The number of fused-ring (bicyclic) bond motifs is 3. The summed E-state index contributed by atoms with van der Waals surface area (Å²) >= 11 is 6.28. The Hall–Kier alpha value is -4.11. The maximum Gasteiger partial charge on any atom is 0.322 e. The largest absolute Gasteiger partial charge is 0.461 e. The third kappa shape index (κ3) is 3.83. The summed E-state index contributed by atoms with van der Waals surface area (Å²) in [5, 5.41) is 13.3. The van der Waals surface area contributed by atoms with Crippen molar-refractivity contribution in [2.45, 2.75) is 13.0 Å². The van der Waals surface area contributed by atoms with Gasteiger partial charge in [0.15, 0.2) is 11.4 Å². The van der Waals surface area contributed by atoms with Crippen molar-refractivity contribution in [1.29, 1.82) is 0 Å². The van der Waals surface area contributed by atoms with Crippen molar-refractivity contribution in [3.63, 3.8) is 0 Å². The van der Waals surface area contributed by atoms with Crippen LogP contribution in [0.5, 0.6) is 0 Å². The molecule has 4 heterocycles. The SMILES string of the molecule is C[C@@H]1CN(c2nc3cc(Cl)ccc3c3nnc(-c4ccco4)n23)CCN1C(=O)Nc1ccccc1. The fourth-order valence-electron chi connectivity index (χ4n) is 4.53. The minimum absolute atomic E-state index is 0.0529. The topological polar surface area (TPSA) is 91.8 Å². The molecule has 1 aliphatic rings. The first-order chi connectivity index (χ1) is 17.1. The van der Waals surface area contributed by atoms with Crippen LogP contribution < -0.4 is 10.2 Å². The molecule has 0 radical (unpaired) electrons. The summed E-state index contributed by atoms with van der Waals surface area (Å²) in [7, 11) is 0. The van der Waals surface area contributed by atoms with Crippen LogP contribution in [0.25, 0.3) is 28.1 Å². The molecule has 0 bridgehead atoms. The van der Waals surface area contributed by atoms with Gasteiger partial charge in [0.05, 0.1) is 11.8 Å². The average molecular weight is 488 g/mol. The monoisotopic (exact) mass is 487 g/mol. The molecule has 1 fully saturated rings. The Morgan fingerprint density at radius 2 is 1.94 bits per heavy atom. The van der Waals surface area contributed by atoms with Crippen molar-refractivity contribution in [3.05, 3.63) is 71.9 Å². The molecule has 0 spiro atoms. The number of carbonyl (C=O) groups excluding carboxylic acids is 1. The number of hydrogen-bond donors (Lipinski definition) is 1. The van der Waals surface area contributed by atoms with Crippen molar-refractivity contribution in [3.8, 4) is 11.6 Å². The van der Waals surface area contributed by atoms with E-state index < -0.39 is 0 Å². The number of nitrogens with one attached hydrogen (secondary N) is 1. The number of aromatic nitrogens is 4. The van der Waals surface area contributed by atoms with Gasteiger partial charge >= 0.3 is 6.03 Å². The van der Waals surface area contributed by atoms with E-state index in [1.165, 1.54) is 0 Å². The second-order valence-corrected chi connectivity index (χ2v) is 8.95. The first-order valence-corrected chi connectivity index (χ1v) is 11.7. The predicted octanol–water partition coefficient (Wildman–Crippen LogP) is 4.93. The second kappa shape index (κ2) is 8.59. The van der Waals surface area contributed by atoms with E-state index in [0.717, 1.165) is 16.6 Å². The standard InChI is InChI=1S/C25H22ClN7O2/c1-16-15-31(11-12-32(16)25(34)27-18-6-3-2-4-7-18)24-28-20-14-17(26)9-10-19(20)22-29-30-23(33(22)24)21-8-5-13-35-21/h2-10,13-14,16H,11-12,15H2,1H3,(H,27,34)/t16-/m1/s1. The lowest BCUT2D eigenvalue weighted by Crippen LogP contribution is -2.55. The Morgan fingerprint density at radius 1 is 1.09 bits per heavy atom. The summed E-state index contributed by atoms with van der Waals surface area (Å²) in [6.07, 6.45) is 1.61. The third-order valence-corrected chi connectivity index (χ3v) is 6.46. The van der Waals surface area contributed by atoms with Crippen LogP contribution in [0, 0.1) is 0 Å². The van der Waals surface area contributed by atoms with E-state index in [-0.39, 0.29) is 12.1 Å². The predicted molar refractivity (Wildman–Crippen MR) is 135 cm³/mol. The van der Waals surface area contributed by atoms with Gasteiger partial charge in [0.25, 0.3) is 0 Å². The summed E-state index contributed by atoms with van der Waals surface area (Å²) in [6, 6.07) is 18.5. The molecule has 1 atom stereocenters. The van der Waals surface area contributed by atoms with Crippen LogP contribution in [0.15, 0.2) is 71.3 Å². The number of piperazine rings is 1. The number of anilines is 2. The van der Waals surface area contributed by atoms with Crippen LogP contribution in [0.3, 0.4) is 0 Å². The van der Waals surface area contributed by atoms with Gasteiger partial charge in [-0.2, -0.15) is 0 Å². The Labute approximate surface area is 205 Å². The fraction of sp³-hybridized carbons (Fsp3) is 0.200. The van der Waals surface area contributed by atoms with E-state index in [4.69, 9.17) is 21.0 Å². The molecule has 1 saturated heterocycles. The number of benzene rings is 2. The first-order valence-electron chi connectivity index (χ1n) is 11.3. The molecule has 0 saturated carbocycles. The maximum absolute atomic E-state index is 12.9. The number of para-hydroxylation sites is 1. The molecule has 2 amide bonds. The molecule has 3 aromatic heterocycles. The van der Waals surface area contributed by atoms with Gasteiger partial charge in [0.1, 0.15) is 0 Å². The van der Waals surface area contributed by atoms with Crippen LogP contribution >= 0.6 is 11.6 Å². The van der Waals surface area contributed by atoms with Gasteiger partial charge in [0.2, 0.25) is 11.8 Å². The number of nitrogens with zero attached hydrogens (tertiary/aromatic N) is 6. The van der Waals surface area contributed by atoms with Crippen molar-refractivity contribution in [2.75, 3.05) is 29.9 Å². The van der Waals surface area contributed by atoms with Gasteiger partial charge in [-0.25, -0.2) is 14.2 Å². The third-order valence-electron chi connectivity index (χ3n) is 6.22. The van der Waals surface area contributed by atoms with E-state index in [0.29, 0.717) is 47.8 Å². The van der Waals surface area contributed by atoms with E-state index in [2.05, 4.69) is 20.4 Å². The zero-order chi connectivity index (χ0) is 23.9. The highest BCUT2D eigenvalue weighted by molar-refractivity contribution is 6.31. The van der Waals surface area contributed by atoms with E-state index in [1.54, 1.807) is 6.26 Å². The van der Waals surface area contributed by atoms with Gasteiger partial charge in [-0.15, -0.1) is 10.2 Å². The smallest absolute Gasteiger partial charge is 0.322 e. The van der Waals surface area contributed by atoms with Gasteiger partial charge < -0.3 is 19.5 Å². The van der Waals surface area contributed by atoms with E-state index in [9.17, 15) is 4.79 Å². The minimum Gasteiger partial charge on any atom is -0.461 e. The quantitative estimate of drug-likeness (QED) is 0.388. The van der Waals surface area contributed by atoms with Crippen molar-refractivity contribution in [1.82, 2.24) is 24.5 Å². The van der Waals surface area contributed by atoms with Crippen LogP contribution in [-0.2, 0) is 0 Å². The van der Waals surface area contributed by atoms with E-state index in [1.807, 2.05) is 76.9 Å². The van der Waals surface area contributed by atoms with Crippen molar-refractivity contribution in [2.24, 2.45) is 0 Å². The average Bonchev–Trinajstić information content (AvgIpc) is 3.54. The number of rotatable bonds is 3. The number of furan rings is 1. The molecule has 6 rings (SSSR count). The van der Waals surface area contributed by atoms with Crippen molar-refractivity contribution >= 4 is 45.8 Å². The van der Waals surface area contributed by atoms with E-state index >= 15 is 0 Å². The normalized spacial score (nSPS) is 16.2. The number of amides is 2. The summed E-state index contributed by atoms with van der Waals surface area (Å²) in [5.41, 5.74) is 2.18. The number of hydrogen-bond acceptors (Lipinski definition) is 6. The Bertz CT molecular complexity index is 1520. The summed E-state index contributed by atoms with van der Waals surface area (Å²) in [6.45, 7) is 3.75. The number of carbonyl (C=O) groups is 1. The Kier molecular flexibility index (Phi) is 5.26. The molecule has 0 aliphatic carbocycles. The minimum atomic E-state index is -0.118. The molecule has 2 aromatic carbocycles. The van der Waals surface area contributed by atoms with Crippen LogP contribution in [0.2, 0.25) is 5.02 Å². The highest BCUT2D eigenvalue weighted by Gasteiger charge is 2.31. The van der Waals surface area contributed by atoms with Gasteiger partial charge in [-0.1, -0.05) is 29.8 Å². The lowest BCUT2D eigenvalue weighted by atomic mass is 10.2. The molecular weight excluding hydrogens is 466 g/mol. The zero-order valence-corrected chi connectivity index (χ0v) is 19.7. The van der Waals surface area contributed by atoms with Gasteiger partial charge in [0, 0.05) is 41.8 Å². The maximum atomic E-state index is 12.9. The fourth-order valence-corrected chi connectivity index (χ4v) is 4.69. The van der Waals surface area contributed by atoms with Gasteiger partial charge in [-0.05, 0) is 49.4 Å². The van der Waals surface area contributed by atoms with Gasteiger partial charge in [-0.3, -0.25) is 0 Å². The molecular formula is C25H22ClN7O2. The highest BCUT2D eigenvalue weighted by atomic mass is 35.5. The summed E-state index contributed by atoms with van der Waals surface area (Å²) in [5.74, 6) is 1.85. The molecule has 1 N–H and O–H groups in total. The second-order valence-electron chi connectivity index (χ2n) is 8.52. The molecule has 35 heavy (non-hydrogen) atoms. The highest BCUT2D eigenvalue weighted by Crippen LogP contribution is 2.31. The lowest BCUT2D eigenvalue weighted by Gasteiger charge is -2.40. The molecule has 9 nitrogen and oxygen atoms in total. The zero-order valence-electron chi connectivity index (χ0n) is 18.9. The van der Waals surface area contributed by atoms with Crippen LogP contribution in [0.4, 0.5) is 16.4 Å². The van der Waals surface area contributed by atoms with Crippen molar-refractivity contribution < 1.29 is 9.21 Å². The molecule has 176 valence electrons.